The maximum Gasteiger partial charge on any atom is 0.244 e. The number of carbonyl (C=O) groups is 1. The summed E-state index contributed by atoms with van der Waals surface area (Å²) < 4.78 is 23.5. The fourth-order valence-corrected chi connectivity index (χ4v) is 3.51. The van der Waals surface area contributed by atoms with Crippen molar-refractivity contribution in [3.63, 3.8) is 0 Å². The summed E-state index contributed by atoms with van der Waals surface area (Å²) in [6.07, 6.45) is 3.81. The van der Waals surface area contributed by atoms with Gasteiger partial charge in [0.25, 0.3) is 0 Å². The number of ether oxygens (including phenoxy) is 2. The van der Waals surface area contributed by atoms with Crippen molar-refractivity contribution in [3.05, 3.63) is 71.0 Å². The van der Waals surface area contributed by atoms with Crippen LogP contribution in [0.3, 0.4) is 0 Å². The Balaban J connectivity index is 1.50. The number of thiazole rings is 1. The SMILES string of the molecule is COc1ccc(/C=C/C(=O)NCCc2csc(-c3ccc(F)cc3)n2)cc1OC. The Morgan fingerprint density at radius 1 is 1.14 bits per heavy atom. The van der Waals surface area contributed by atoms with Crippen molar-refractivity contribution in [3.8, 4) is 22.1 Å². The molecule has 0 saturated heterocycles. The van der Waals surface area contributed by atoms with E-state index in [4.69, 9.17) is 9.47 Å². The van der Waals surface area contributed by atoms with Gasteiger partial charge in [0.15, 0.2) is 11.5 Å². The molecule has 1 amide bonds. The molecule has 1 heterocycles. The summed E-state index contributed by atoms with van der Waals surface area (Å²) in [4.78, 5) is 16.6. The van der Waals surface area contributed by atoms with Crippen LogP contribution in [-0.2, 0) is 11.2 Å². The Kier molecular flexibility index (Phi) is 6.97. The van der Waals surface area contributed by atoms with Gasteiger partial charge < -0.3 is 14.8 Å². The predicted octanol–water partition coefficient (Wildman–Crippen LogP) is 4.34. The molecular formula is C22H21FN2O3S. The van der Waals surface area contributed by atoms with Crippen molar-refractivity contribution in [1.82, 2.24) is 10.3 Å². The molecule has 29 heavy (non-hydrogen) atoms. The topological polar surface area (TPSA) is 60.5 Å². The second-order valence-corrected chi connectivity index (χ2v) is 7.00. The zero-order chi connectivity index (χ0) is 20.6. The highest BCUT2D eigenvalue weighted by atomic mass is 32.1. The Morgan fingerprint density at radius 3 is 2.62 bits per heavy atom. The van der Waals surface area contributed by atoms with Gasteiger partial charge in [0, 0.05) is 30.0 Å². The van der Waals surface area contributed by atoms with Gasteiger partial charge >= 0.3 is 0 Å². The Morgan fingerprint density at radius 2 is 1.90 bits per heavy atom. The maximum atomic E-state index is 13.0. The summed E-state index contributed by atoms with van der Waals surface area (Å²) in [6, 6.07) is 11.7. The van der Waals surface area contributed by atoms with E-state index in [2.05, 4.69) is 10.3 Å². The quantitative estimate of drug-likeness (QED) is 0.559. The van der Waals surface area contributed by atoms with Gasteiger partial charge in [-0.2, -0.15) is 0 Å². The number of carbonyl (C=O) groups excluding carboxylic acids is 1. The fraction of sp³-hybridized carbons (Fsp3) is 0.182. The number of hydrogen-bond donors (Lipinski definition) is 1. The Hall–Kier alpha value is -3.19. The van der Waals surface area contributed by atoms with E-state index in [9.17, 15) is 9.18 Å². The van der Waals surface area contributed by atoms with E-state index in [1.54, 1.807) is 44.6 Å². The van der Waals surface area contributed by atoms with Crippen LogP contribution < -0.4 is 14.8 Å². The van der Waals surface area contributed by atoms with Crippen LogP contribution in [0.1, 0.15) is 11.3 Å². The number of benzene rings is 2. The lowest BCUT2D eigenvalue weighted by molar-refractivity contribution is -0.116. The van der Waals surface area contributed by atoms with E-state index in [-0.39, 0.29) is 11.7 Å². The summed E-state index contributed by atoms with van der Waals surface area (Å²) in [5.41, 5.74) is 2.60. The molecule has 7 heteroatoms. The van der Waals surface area contributed by atoms with Gasteiger partial charge in [0.05, 0.1) is 19.9 Å². The lowest BCUT2D eigenvalue weighted by atomic mass is 10.2. The molecule has 3 rings (SSSR count). The third-order valence-corrected chi connectivity index (χ3v) is 5.10. The van der Waals surface area contributed by atoms with Crippen LogP contribution in [0.5, 0.6) is 11.5 Å². The molecule has 0 atom stereocenters. The molecule has 0 radical (unpaired) electrons. The number of halogens is 1. The van der Waals surface area contributed by atoms with Gasteiger partial charge in [-0.25, -0.2) is 9.37 Å². The van der Waals surface area contributed by atoms with Crippen LogP contribution in [0.15, 0.2) is 53.9 Å². The van der Waals surface area contributed by atoms with Crippen molar-refractivity contribution < 1.29 is 18.7 Å². The van der Waals surface area contributed by atoms with Crippen LogP contribution in [0.2, 0.25) is 0 Å². The van der Waals surface area contributed by atoms with Crippen molar-refractivity contribution in [2.24, 2.45) is 0 Å². The summed E-state index contributed by atoms with van der Waals surface area (Å²) in [5.74, 6) is 0.788. The number of methoxy groups -OCH3 is 2. The molecule has 1 aromatic heterocycles. The fourth-order valence-electron chi connectivity index (χ4n) is 2.65. The minimum atomic E-state index is -0.269. The molecule has 150 valence electrons. The molecule has 0 aliphatic heterocycles. The number of nitrogens with zero attached hydrogens (tertiary/aromatic N) is 1. The number of aromatic nitrogens is 1. The van der Waals surface area contributed by atoms with E-state index in [0.29, 0.717) is 24.5 Å². The first kappa shape index (κ1) is 20.5. The molecule has 5 nitrogen and oxygen atoms in total. The second kappa shape index (κ2) is 9.84. The first-order valence-electron chi connectivity index (χ1n) is 8.97. The molecular weight excluding hydrogens is 391 g/mol. The number of amides is 1. The molecule has 0 aliphatic carbocycles. The number of rotatable bonds is 8. The average molecular weight is 412 g/mol. The molecule has 0 saturated carbocycles. The smallest absolute Gasteiger partial charge is 0.244 e. The second-order valence-electron chi connectivity index (χ2n) is 6.14. The van der Waals surface area contributed by atoms with Crippen molar-refractivity contribution in [2.45, 2.75) is 6.42 Å². The van der Waals surface area contributed by atoms with Gasteiger partial charge in [-0.15, -0.1) is 11.3 Å². The standard InChI is InChI=1S/C22H21FN2O3S/c1-27-19-9-3-15(13-20(19)28-2)4-10-21(26)24-12-11-18-14-29-22(25-18)16-5-7-17(23)8-6-16/h3-10,13-14H,11-12H2,1-2H3,(H,24,26)/b10-4+. The summed E-state index contributed by atoms with van der Waals surface area (Å²) in [5, 5.41) is 5.62. The van der Waals surface area contributed by atoms with Crippen molar-refractivity contribution in [1.29, 1.82) is 0 Å². The van der Waals surface area contributed by atoms with Gasteiger partial charge in [-0.05, 0) is 48.0 Å². The molecule has 0 spiro atoms. The highest BCUT2D eigenvalue weighted by Gasteiger charge is 2.06. The zero-order valence-electron chi connectivity index (χ0n) is 16.1. The minimum absolute atomic E-state index is 0.186. The molecule has 0 fully saturated rings. The average Bonchev–Trinajstić information content (AvgIpc) is 3.21. The Labute approximate surface area is 172 Å². The van der Waals surface area contributed by atoms with E-state index in [0.717, 1.165) is 21.8 Å². The summed E-state index contributed by atoms with van der Waals surface area (Å²) in [6.45, 7) is 0.474. The first-order valence-corrected chi connectivity index (χ1v) is 9.85. The molecule has 2 aromatic carbocycles. The molecule has 0 unspecified atom stereocenters. The van der Waals surface area contributed by atoms with Crippen LogP contribution in [0.4, 0.5) is 4.39 Å². The zero-order valence-corrected chi connectivity index (χ0v) is 17.0. The summed E-state index contributed by atoms with van der Waals surface area (Å²) >= 11 is 1.50. The van der Waals surface area contributed by atoms with Gasteiger partial charge in [0.1, 0.15) is 10.8 Å². The van der Waals surface area contributed by atoms with Crippen molar-refractivity contribution >= 4 is 23.3 Å². The van der Waals surface area contributed by atoms with E-state index in [1.807, 2.05) is 11.4 Å². The largest absolute Gasteiger partial charge is 0.493 e. The van der Waals surface area contributed by atoms with E-state index in [1.165, 1.54) is 29.5 Å². The van der Waals surface area contributed by atoms with Crippen LogP contribution in [0.25, 0.3) is 16.6 Å². The minimum Gasteiger partial charge on any atom is -0.493 e. The van der Waals surface area contributed by atoms with Gasteiger partial charge in [-0.1, -0.05) is 6.07 Å². The monoisotopic (exact) mass is 412 g/mol. The Bertz CT molecular complexity index is 1000. The van der Waals surface area contributed by atoms with Gasteiger partial charge in [0.2, 0.25) is 5.91 Å². The molecule has 3 aromatic rings. The van der Waals surface area contributed by atoms with Crippen LogP contribution in [0, 0.1) is 5.82 Å². The van der Waals surface area contributed by atoms with Crippen molar-refractivity contribution in [2.75, 3.05) is 20.8 Å². The first-order chi connectivity index (χ1) is 14.1. The van der Waals surface area contributed by atoms with E-state index >= 15 is 0 Å². The normalized spacial score (nSPS) is 10.9. The van der Waals surface area contributed by atoms with Gasteiger partial charge in [-0.3, -0.25) is 4.79 Å². The lowest BCUT2D eigenvalue weighted by Gasteiger charge is -2.07. The summed E-state index contributed by atoms with van der Waals surface area (Å²) in [7, 11) is 3.14. The number of hydrogen-bond acceptors (Lipinski definition) is 5. The molecule has 1 N–H and O–H groups in total. The lowest BCUT2D eigenvalue weighted by Crippen LogP contribution is -2.23. The molecule has 0 aliphatic rings. The van der Waals surface area contributed by atoms with Crippen LogP contribution in [-0.4, -0.2) is 31.7 Å². The highest BCUT2D eigenvalue weighted by Crippen LogP contribution is 2.28. The third-order valence-electron chi connectivity index (χ3n) is 4.16. The maximum absolute atomic E-state index is 13.0. The number of nitrogens with one attached hydrogen (secondary N) is 1. The highest BCUT2D eigenvalue weighted by molar-refractivity contribution is 7.13. The molecule has 0 bridgehead atoms. The third kappa shape index (κ3) is 5.65. The van der Waals surface area contributed by atoms with E-state index < -0.39 is 0 Å². The predicted molar refractivity (Wildman–Crippen MR) is 113 cm³/mol. The van der Waals surface area contributed by atoms with Crippen LogP contribution >= 0.6 is 11.3 Å².